The van der Waals surface area contributed by atoms with Gasteiger partial charge in [-0.2, -0.15) is 0 Å². The molecule has 120 valence electrons. The Balaban J connectivity index is 0.00000400. The lowest BCUT2D eigenvalue weighted by molar-refractivity contribution is 0.238. The Kier molecular flexibility index (Phi) is 11.2. The van der Waals surface area contributed by atoms with Gasteiger partial charge in [-0.15, -0.1) is 24.0 Å². The molecule has 0 heterocycles. The summed E-state index contributed by atoms with van der Waals surface area (Å²) < 4.78 is 0. The van der Waals surface area contributed by atoms with Gasteiger partial charge in [0.2, 0.25) is 0 Å². The summed E-state index contributed by atoms with van der Waals surface area (Å²) in [4.78, 5) is 4.47. The Morgan fingerprint density at radius 3 is 2.62 bits per heavy atom. The quantitative estimate of drug-likeness (QED) is 0.357. The maximum absolute atomic E-state index is 9.02. The van der Waals surface area contributed by atoms with Crippen LogP contribution in [0.15, 0.2) is 23.2 Å². The number of nitrogens with one attached hydrogen (secondary N) is 2. The van der Waals surface area contributed by atoms with E-state index in [9.17, 15) is 0 Å². The molecule has 0 radical (unpaired) electrons. The second-order valence-corrected chi connectivity index (χ2v) is 5.44. The minimum absolute atomic E-state index is 0. The Morgan fingerprint density at radius 1 is 1.33 bits per heavy atom. The molecule has 0 aliphatic heterocycles. The van der Waals surface area contributed by atoms with Gasteiger partial charge in [-0.1, -0.05) is 36.2 Å². The molecule has 0 spiro atoms. The summed E-state index contributed by atoms with van der Waals surface area (Å²) in [5, 5.41) is 16.6. The van der Waals surface area contributed by atoms with Crippen molar-refractivity contribution < 1.29 is 5.11 Å². The van der Waals surface area contributed by atoms with Gasteiger partial charge < -0.3 is 15.7 Å². The molecule has 21 heavy (non-hydrogen) atoms. The fraction of sp³-hybridized carbons (Fsp3) is 0.500. The van der Waals surface area contributed by atoms with Crippen LogP contribution in [0, 0.1) is 5.92 Å². The first-order valence-corrected chi connectivity index (χ1v) is 7.39. The summed E-state index contributed by atoms with van der Waals surface area (Å²) in [6.07, 6.45) is 0. The van der Waals surface area contributed by atoms with Gasteiger partial charge in [0.15, 0.2) is 5.96 Å². The van der Waals surface area contributed by atoms with Gasteiger partial charge in [0.1, 0.15) is 0 Å². The molecular formula is C14H22Cl2IN3O. The zero-order chi connectivity index (χ0) is 15.0. The number of benzene rings is 1. The van der Waals surface area contributed by atoms with E-state index in [2.05, 4.69) is 15.6 Å². The molecule has 1 aromatic rings. The topological polar surface area (TPSA) is 56.7 Å². The molecule has 1 rings (SSSR count). The van der Waals surface area contributed by atoms with Crippen molar-refractivity contribution in [2.24, 2.45) is 10.9 Å². The van der Waals surface area contributed by atoms with Crippen LogP contribution < -0.4 is 10.6 Å². The molecule has 1 aromatic carbocycles. The van der Waals surface area contributed by atoms with Crippen LogP contribution in [0.4, 0.5) is 0 Å². The Hall–Kier alpha value is -0.240. The van der Waals surface area contributed by atoms with Crippen LogP contribution >= 0.6 is 47.2 Å². The first-order chi connectivity index (χ1) is 9.56. The van der Waals surface area contributed by atoms with Gasteiger partial charge >= 0.3 is 0 Å². The highest BCUT2D eigenvalue weighted by atomic mass is 127. The molecule has 0 aliphatic rings. The molecule has 4 nitrogen and oxygen atoms in total. The maximum atomic E-state index is 9.02. The van der Waals surface area contributed by atoms with E-state index in [-0.39, 0.29) is 36.5 Å². The Morgan fingerprint density at radius 2 is 2.05 bits per heavy atom. The van der Waals surface area contributed by atoms with Gasteiger partial charge in [-0.25, -0.2) is 4.99 Å². The molecule has 0 saturated carbocycles. The zero-order valence-corrected chi connectivity index (χ0v) is 16.0. The van der Waals surface area contributed by atoms with Gasteiger partial charge in [-0.3, -0.25) is 0 Å². The summed E-state index contributed by atoms with van der Waals surface area (Å²) in [6, 6.07) is 5.38. The first-order valence-electron chi connectivity index (χ1n) is 6.63. The largest absolute Gasteiger partial charge is 0.396 e. The first kappa shape index (κ1) is 20.8. The van der Waals surface area contributed by atoms with E-state index in [1.165, 1.54) is 0 Å². The molecule has 0 aromatic heterocycles. The van der Waals surface area contributed by atoms with Crippen molar-refractivity contribution in [1.29, 1.82) is 0 Å². The number of rotatable bonds is 6. The third kappa shape index (κ3) is 8.09. The van der Waals surface area contributed by atoms with Gasteiger partial charge in [0.25, 0.3) is 0 Å². The molecule has 0 amide bonds. The number of hydrogen-bond acceptors (Lipinski definition) is 2. The minimum Gasteiger partial charge on any atom is -0.396 e. The van der Waals surface area contributed by atoms with E-state index in [1.54, 1.807) is 12.1 Å². The van der Waals surface area contributed by atoms with E-state index in [0.717, 1.165) is 12.1 Å². The van der Waals surface area contributed by atoms with Crippen molar-refractivity contribution in [3.8, 4) is 0 Å². The summed E-state index contributed by atoms with van der Waals surface area (Å²) in [7, 11) is 0. The number of guanidine groups is 1. The predicted molar refractivity (Wildman–Crippen MR) is 101 cm³/mol. The lowest BCUT2D eigenvalue weighted by Gasteiger charge is -2.14. The van der Waals surface area contributed by atoms with Gasteiger partial charge in [-0.05, 0) is 30.5 Å². The summed E-state index contributed by atoms with van der Waals surface area (Å²) in [6.45, 7) is 6.02. The van der Waals surface area contributed by atoms with E-state index in [0.29, 0.717) is 29.1 Å². The number of aliphatic hydroxyl groups is 1. The summed E-state index contributed by atoms with van der Waals surface area (Å²) >= 11 is 12.0. The van der Waals surface area contributed by atoms with Crippen molar-refractivity contribution in [3.63, 3.8) is 0 Å². The maximum Gasteiger partial charge on any atom is 0.191 e. The van der Waals surface area contributed by atoms with E-state index in [1.807, 2.05) is 19.9 Å². The van der Waals surface area contributed by atoms with Gasteiger partial charge in [0, 0.05) is 29.7 Å². The molecule has 3 N–H and O–H groups in total. The molecule has 0 saturated heterocycles. The van der Waals surface area contributed by atoms with Crippen LogP contribution in [0.25, 0.3) is 0 Å². The zero-order valence-electron chi connectivity index (χ0n) is 12.2. The molecular weight excluding hydrogens is 424 g/mol. The monoisotopic (exact) mass is 445 g/mol. The normalized spacial score (nSPS) is 12.5. The lowest BCUT2D eigenvalue weighted by Crippen LogP contribution is -2.39. The minimum atomic E-state index is 0. The van der Waals surface area contributed by atoms with Crippen molar-refractivity contribution in [1.82, 2.24) is 10.6 Å². The number of halogens is 3. The van der Waals surface area contributed by atoms with E-state index < -0.39 is 0 Å². The SMILES string of the molecule is CCNC(=NCc1ccc(Cl)cc1Cl)NCC(C)CO.I. The fourth-order valence-corrected chi connectivity index (χ4v) is 1.96. The van der Waals surface area contributed by atoms with Crippen molar-refractivity contribution in [3.05, 3.63) is 33.8 Å². The number of nitrogens with zero attached hydrogens (tertiary/aromatic N) is 1. The average molecular weight is 446 g/mol. The second-order valence-electron chi connectivity index (χ2n) is 4.60. The number of hydrogen-bond donors (Lipinski definition) is 3. The van der Waals surface area contributed by atoms with Crippen LogP contribution in [-0.4, -0.2) is 30.8 Å². The van der Waals surface area contributed by atoms with Crippen molar-refractivity contribution in [2.45, 2.75) is 20.4 Å². The lowest BCUT2D eigenvalue weighted by atomic mass is 10.2. The van der Waals surface area contributed by atoms with Crippen LogP contribution in [0.1, 0.15) is 19.4 Å². The smallest absolute Gasteiger partial charge is 0.191 e. The molecule has 0 aliphatic carbocycles. The highest BCUT2D eigenvalue weighted by Crippen LogP contribution is 2.21. The summed E-state index contributed by atoms with van der Waals surface area (Å²) in [5.74, 6) is 0.886. The van der Waals surface area contributed by atoms with Crippen LogP contribution in [0.2, 0.25) is 10.0 Å². The van der Waals surface area contributed by atoms with Gasteiger partial charge in [0.05, 0.1) is 6.54 Å². The Labute approximate surface area is 153 Å². The molecule has 7 heteroatoms. The highest BCUT2D eigenvalue weighted by molar-refractivity contribution is 14.0. The summed E-state index contributed by atoms with van der Waals surface area (Å²) in [5.41, 5.74) is 0.920. The van der Waals surface area contributed by atoms with Crippen molar-refractivity contribution in [2.75, 3.05) is 19.7 Å². The number of aliphatic hydroxyl groups excluding tert-OH is 1. The third-order valence-corrected chi connectivity index (χ3v) is 3.28. The fourth-order valence-electron chi connectivity index (χ4n) is 1.49. The average Bonchev–Trinajstić information content (AvgIpc) is 2.43. The van der Waals surface area contributed by atoms with Crippen molar-refractivity contribution >= 4 is 53.1 Å². The van der Waals surface area contributed by atoms with Crippen LogP contribution in [0.5, 0.6) is 0 Å². The van der Waals surface area contributed by atoms with Crippen LogP contribution in [0.3, 0.4) is 0 Å². The highest BCUT2D eigenvalue weighted by Gasteiger charge is 2.04. The molecule has 1 unspecified atom stereocenters. The molecule has 0 fully saturated rings. The molecule has 1 atom stereocenters. The third-order valence-electron chi connectivity index (χ3n) is 2.70. The Bertz CT molecular complexity index is 458. The second kappa shape index (κ2) is 11.3. The van der Waals surface area contributed by atoms with Crippen LogP contribution in [-0.2, 0) is 6.54 Å². The predicted octanol–water partition coefficient (Wildman–Crippen LogP) is 3.29. The number of aliphatic imine (C=N–C) groups is 1. The van der Waals surface area contributed by atoms with E-state index in [4.69, 9.17) is 28.3 Å². The standard InChI is InChI=1S/C14H21Cl2N3O.HI/c1-3-17-14(18-7-10(2)9-20)19-8-11-4-5-12(15)6-13(11)16;/h4-6,10,20H,3,7-9H2,1-2H3,(H2,17,18,19);1H. The van der Waals surface area contributed by atoms with E-state index >= 15 is 0 Å². The molecule has 0 bridgehead atoms.